The van der Waals surface area contributed by atoms with Gasteiger partial charge in [0, 0.05) is 45.8 Å². The Morgan fingerprint density at radius 3 is 1.24 bits per heavy atom. The third-order valence-corrected chi connectivity index (χ3v) is 6.90. The molecule has 0 saturated carbocycles. The molecule has 0 atom stereocenters. The Morgan fingerprint density at radius 2 is 0.824 bits per heavy atom. The van der Waals surface area contributed by atoms with Gasteiger partial charge in [-0.2, -0.15) is 0 Å². The number of nitrogens with zero attached hydrogens (tertiary/aromatic N) is 4. The predicted octanol–water partition coefficient (Wildman–Crippen LogP) is 5.53. The van der Waals surface area contributed by atoms with E-state index in [1.165, 1.54) is 55.0 Å². The first-order valence-corrected chi connectivity index (χ1v) is 11.6. The van der Waals surface area contributed by atoms with Crippen molar-refractivity contribution in [2.75, 3.05) is 0 Å². The largest absolute Gasteiger partial charge is 0.309 e. The number of benzene rings is 3. The molecule has 4 heteroatoms. The van der Waals surface area contributed by atoms with Gasteiger partial charge in [-0.25, -0.2) is 9.13 Å². The maximum absolute atomic E-state index is 2.39. The van der Waals surface area contributed by atoms with E-state index in [4.69, 9.17) is 0 Å². The van der Waals surface area contributed by atoms with Crippen molar-refractivity contribution in [1.82, 2.24) is 9.13 Å². The summed E-state index contributed by atoms with van der Waals surface area (Å²) in [4.78, 5) is 0. The molecular weight excluding hydrogens is 416 g/mol. The van der Waals surface area contributed by atoms with Crippen molar-refractivity contribution in [1.29, 1.82) is 0 Å². The molecule has 4 heterocycles. The van der Waals surface area contributed by atoms with Crippen molar-refractivity contribution in [2.45, 2.75) is 0 Å². The Balaban J connectivity index is 1.66. The molecule has 0 bridgehead atoms. The monoisotopic (exact) mass is 440 g/mol. The average molecular weight is 441 g/mol. The predicted molar refractivity (Wildman–Crippen MR) is 137 cm³/mol. The van der Waals surface area contributed by atoms with Crippen molar-refractivity contribution in [3.63, 3.8) is 0 Å². The van der Waals surface area contributed by atoms with Crippen LogP contribution in [0.25, 0.3) is 55.0 Å². The molecule has 0 N–H and O–H groups in total. The summed E-state index contributed by atoms with van der Waals surface area (Å²) in [5.41, 5.74) is 7.24. The van der Waals surface area contributed by atoms with Gasteiger partial charge < -0.3 is 9.13 Å². The van der Waals surface area contributed by atoms with E-state index in [0.717, 1.165) is 0 Å². The maximum atomic E-state index is 2.39. The van der Waals surface area contributed by atoms with Crippen molar-refractivity contribution in [2.24, 2.45) is 14.1 Å². The number of aromatic nitrogens is 4. The molecule has 0 fully saturated rings. The van der Waals surface area contributed by atoms with E-state index in [1.807, 2.05) is 0 Å². The zero-order chi connectivity index (χ0) is 22.8. The van der Waals surface area contributed by atoms with Gasteiger partial charge in [-0.1, -0.05) is 36.4 Å². The molecule has 3 aromatic carbocycles. The van der Waals surface area contributed by atoms with Crippen LogP contribution in [0, 0.1) is 0 Å². The highest BCUT2D eigenvalue weighted by molar-refractivity contribution is 6.18. The lowest BCUT2D eigenvalue weighted by Crippen LogP contribution is -2.26. The highest BCUT2D eigenvalue weighted by atomic mass is 15.0. The molecule has 162 valence electrons. The molecule has 0 aliphatic heterocycles. The van der Waals surface area contributed by atoms with Crippen LogP contribution < -0.4 is 9.13 Å². The minimum atomic E-state index is 1.17. The number of pyridine rings is 2. The summed E-state index contributed by atoms with van der Waals surface area (Å²) >= 11 is 0. The molecule has 0 spiro atoms. The number of hydrogen-bond acceptors (Lipinski definition) is 0. The Bertz CT molecular complexity index is 1710. The van der Waals surface area contributed by atoms with Crippen LogP contribution >= 0.6 is 0 Å². The van der Waals surface area contributed by atoms with Gasteiger partial charge in [0.05, 0.1) is 33.4 Å². The van der Waals surface area contributed by atoms with Gasteiger partial charge in [0.1, 0.15) is 14.1 Å². The topological polar surface area (TPSA) is 17.6 Å². The number of hydrogen-bond donors (Lipinski definition) is 0. The lowest BCUT2D eigenvalue weighted by atomic mass is 10.1. The molecule has 0 aliphatic carbocycles. The maximum Gasteiger partial charge on any atom is 0.170 e. The highest BCUT2D eigenvalue weighted by Gasteiger charge is 2.18. The van der Waals surface area contributed by atoms with Gasteiger partial charge in [-0.3, -0.25) is 0 Å². The standard InChI is InChI=1S/C30H24N4/c1-31-15-11-21(12-16-31)33-27-9-5-3-7-23(27)25-20-30-26(19-29(25)33)24-8-4-6-10-28(24)34(30)22-13-17-32(2)18-14-22/h3-20H,1-2H3/q+2. The molecule has 34 heavy (non-hydrogen) atoms. The first-order valence-electron chi connectivity index (χ1n) is 11.6. The van der Waals surface area contributed by atoms with Crippen molar-refractivity contribution >= 4 is 43.6 Å². The Labute approximate surface area is 197 Å². The molecular formula is C30H24N4+2. The van der Waals surface area contributed by atoms with Gasteiger partial charge in [0.15, 0.2) is 24.8 Å². The summed E-state index contributed by atoms with van der Waals surface area (Å²) in [6.07, 6.45) is 8.43. The fourth-order valence-corrected chi connectivity index (χ4v) is 5.27. The summed E-state index contributed by atoms with van der Waals surface area (Å²) < 4.78 is 8.92. The minimum absolute atomic E-state index is 1.17. The Morgan fingerprint density at radius 1 is 0.441 bits per heavy atom. The van der Waals surface area contributed by atoms with Gasteiger partial charge in [-0.05, 0) is 24.3 Å². The van der Waals surface area contributed by atoms with Crippen LogP contribution in [0.15, 0.2) is 110 Å². The smallest absolute Gasteiger partial charge is 0.170 e. The molecule has 0 aliphatic rings. The number of rotatable bonds is 2. The van der Waals surface area contributed by atoms with Gasteiger partial charge in [0.2, 0.25) is 0 Å². The molecule has 0 saturated heterocycles. The molecule has 7 rings (SSSR count). The summed E-state index contributed by atoms with van der Waals surface area (Å²) in [5.74, 6) is 0. The molecule has 4 nitrogen and oxygen atoms in total. The second kappa shape index (κ2) is 7.03. The molecule has 0 amide bonds. The van der Waals surface area contributed by atoms with Crippen LogP contribution in [0.3, 0.4) is 0 Å². The normalized spacial score (nSPS) is 11.8. The second-order valence-electron chi connectivity index (χ2n) is 9.04. The van der Waals surface area contributed by atoms with Gasteiger partial charge >= 0.3 is 0 Å². The average Bonchev–Trinajstić information content (AvgIpc) is 3.36. The number of aryl methyl sites for hydroxylation is 2. The molecule has 7 aromatic rings. The van der Waals surface area contributed by atoms with Crippen LogP contribution in [0.4, 0.5) is 0 Å². The van der Waals surface area contributed by atoms with Gasteiger partial charge in [-0.15, -0.1) is 0 Å². The molecule has 0 radical (unpaired) electrons. The first-order chi connectivity index (χ1) is 16.7. The zero-order valence-electron chi connectivity index (χ0n) is 19.2. The quantitative estimate of drug-likeness (QED) is 0.315. The van der Waals surface area contributed by atoms with E-state index in [2.05, 4.69) is 142 Å². The lowest BCUT2D eigenvalue weighted by molar-refractivity contribution is -0.671. The van der Waals surface area contributed by atoms with E-state index in [-0.39, 0.29) is 0 Å². The van der Waals surface area contributed by atoms with Gasteiger partial charge in [0.25, 0.3) is 0 Å². The van der Waals surface area contributed by atoms with E-state index in [0.29, 0.717) is 0 Å². The lowest BCUT2D eigenvalue weighted by Gasteiger charge is -2.08. The zero-order valence-corrected chi connectivity index (χ0v) is 19.2. The second-order valence-corrected chi connectivity index (χ2v) is 9.04. The van der Waals surface area contributed by atoms with Crippen LogP contribution in [0.1, 0.15) is 0 Å². The minimum Gasteiger partial charge on any atom is -0.309 e. The van der Waals surface area contributed by atoms with Crippen molar-refractivity contribution in [3.8, 4) is 11.4 Å². The van der Waals surface area contributed by atoms with E-state index in [9.17, 15) is 0 Å². The Hall–Kier alpha value is -4.44. The van der Waals surface area contributed by atoms with Crippen molar-refractivity contribution in [3.05, 3.63) is 110 Å². The van der Waals surface area contributed by atoms with Crippen LogP contribution in [0.2, 0.25) is 0 Å². The molecule has 0 unspecified atom stereocenters. The van der Waals surface area contributed by atoms with Crippen molar-refractivity contribution < 1.29 is 9.13 Å². The highest BCUT2D eigenvalue weighted by Crippen LogP contribution is 2.39. The summed E-state index contributed by atoms with van der Waals surface area (Å²) in [6.45, 7) is 0. The summed E-state index contributed by atoms with van der Waals surface area (Å²) in [6, 6.07) is 30.9. The van der Waals surface area contributed by atoms with Crippen LogP contribution in [0.5, 0.6) is 0 Å². The Kier molecular flexibility index (Phi) is 3.94. The molecule has 4 aromatic heterocycles. The fourth-order valence-electron chi connectivity index (χ4n) is 5.27. The third-order valence-electron chi connectivity index (χ3n) is 6.90. The van der Waals surface area contributed by atoms with E-state index in [1.54, 1.807) is 0 Å². The summed E-state index contributed by atoms with van der Waals surface area (Å²) in [7, 11) is 4.11. The summed E-state index contributed by atoms with van der Waals surface area (Å²) in [5, 5.41) is 5.07. The van der Waals surface area contributed by atoms with E-state index >= 15 is 0 Å². The first kappa shape index (κ1) is 19.1. The third kappa shape index (κ3) is 2.66. The van der Waals surface area contributed by atoms with Crippen LogP contribution in [-0.2, 0) is 14.1 Å². The fraction of sp³-hybridized carbons (Fsp3) is 0.0667. The van der Waals surface area contributed by atoms with E-state index < -0.39 is 0 Å². The SMILES string of the molecule is C[n+]1ccc(-n2c3ccccc3c3cc4c(cc32)c2ccccc2n4-c2cc[n+](C)cc2)cc1. The number of para-hydroxylation sites is 2. The number of fused-ring (bicyclic) bond motifs is 6. The van der Waals surface area contributed by atoms with Crippen LogP contribution in [-0.4, -0.2) is 9.13 Å².